The third kappa shape index (κ3) is 9.50. The van der Waals surface area contributed by atoms with Crippen LogP contribution in [0.3, 0.4) is 0 Å². The van der Waals surface area contributed by atoms with Crippen molar-refractivity contribution in [2.75, 3.05) is 0 Å². The van der Waals surface area contributed by atoms with Gasteiger partial charge in [-0.25, -0.2) is 0 Å². The van der Waals surface area contributed by atoms with Gasteiger partial charge in [0.2, 0.25) is 0 Å². The summed E-state index contributed by atoms with van der Waals surface area (Å²) < 4.78 is 0. The van der Waals surface area contributed by atoms with Crippen LogP contribution in [0.5, 0.6) is 0 Å². The van der Waals surface area contributed by atoms with Crippen LogP contribution in [0.1, 0.15) is 65.2 Å². The van der Waals surface area contributed by atoms with E-state index in [1.807, 2.05) is 0 Å². The molecule has 0 radical (unpaired) electrons. The Bertz CT molecular complexity index is 159. The Morgan fingerprint density at radius 2 is 1.64 bits per heavy atom. The first kappa shape index (κ1) is 13.4. The molecule has 1 nitrogen and oxygen atoms in total. The molecule has 82 valence electrons. The molecule has 0 atom stereocenters. The Morgan fingerprint density at radius 1 is 0.929 bits per heavy atom. The Kier molecular flexibility index (Phi) is 10.0. The summed E-state index contributed by atoms with van der Waals surface area (Å²) in [6.45, 7) is 4.25. The number of Topliss-reactive ketones (excluding diaryl/α,β-unsaturated/α-hetero) is 1. The van der Waals surface area contributed by atoms with E-state index in [0.29, 0.717) is 5.78 Å². The maximum Gasteiger partial charge on any atom is 0.132 e. The Labute approximate surface area is 88.6 Å². The van der Waals surface area contributed by atoms with Crippen molar-refractivity contribution in [2.24, 2.45) is 0 Å². The van der Waals surface area contributed by atoms with Crippen molar-refractivity contribution in [1.29, 1.82) is 0 Å². The quantitative estimate of drug-likeness (QED) is 0.397. The van der Waals surface area contributed by atoms with Crippen LogP contribution in [0, 0.1) is 0 Å². The van der Waals surface area contributed by atoms with Crippen LogP contribution < -0.4 is 0 Å². The van der Waals surface area contributed by atoms with Crippen LogP contribution in [0.2, 0.25) is 0 Å². The number of ketones is 1. The topological polar surface area (TPSA) is 17.1 Å². The highest BCUT2D eigenvalue weighted by Gasteiger charge is 1.98. The molecule has 0 aliphatic carbocycles. The van der Waals surface area contributed by atoms with Crippen LogP contribution in [0.15, 0.2) is 12.2 Å². The number of hydrogen-bond donors (Lipinski definition) is 0. The standard InChI is InChI=1S/C13H24O/c1-3-5-6-7-8-9-10-12-13(14)11-4-2/h6-7H,3-5,8-12H2,1-2H3/b7-6+. The van der Waals surface area contributed by atoms with E-state index in [0.717, 1.165) is 38.5 Å². The van der Waals surface area contributed by atoms with Gasteiger partial charge in [-0.1, -0.05) is 32.4 Å². The van der Waals surface area contributed by atoms with Crippen molar-refractivity contribution in [3.8, 4) is 0 Å². The molecule has 0 rings (SSSR count). The highest BCUT2D eigenvalue weighted by molar-refractivity contribution is 5.78. The fourth-order valence-corrected chi connectivity index (χ4v) is 1.39. The van der Waals surface area contributed by atoms with Crippen molar-refractivity contribution < 1.29 is 4.79 Å². The maximum absolute atomic E-state index is 11.2. The summed E-state index contributed by atoms with van der Waals surface area (Å²) >= 11 is 0. The summed E-state index contributed by atoms with van der Waals surface area (Å²) in [7, 11) is 0. The molecule has 0 N–H and O–H groups in total. The fraction of sp³-hybridized carbons (Fsp3) is 0.769. The molecule has 0 saturated heterocycles. The number of hydrogen-bond acceptors (Lipinski definition) is 1. The lowest BCUT2D eigenvalue weighted by molar-refractivity contribution is -0.119. The molecule has 0 aromatic heterocycles. The van der Waals surface area contributed by atoms with Crippen molar-refractivity contribution in [3.05, 3.63) is 12.2 Å². The van der Waals surface area contributed by atoms with Crippen LogP contribution in [-0.2, 0) is 4.79 Å². The lowest BCUT2D eigenvalue weighted by Crippen LogP contribution is -1.95. The van der Waals surface area contributed by atoms with Gasteiger partial charge < -0.3 is 0 Å². The molecule has 0 unspecified atom stereocenters. The minimum atomic E-state index is 0.435. The second-order valence-corrected chi connectivity index (χ2v) is 3.79. The highest BCUT2D eigenvalue weighted by Crippen LogP contribution is 2.04. The van der Waals surface area contributed by atoms with E-state index in [4.69, 9.17) is 0 Å². The van der Waals surface area contributed by atoms with Gasteiger partial charge in [0, 0.05) is 12.8 Å². The van der Waals surface area contributed by atoms with E-state index in [9.17, 15) is 4.79 Å². The molecular weight excluding hydrogens is 172 g/mol. The summed E-state index contributed by atoms with van der Waals surface area (Å²) in [4.78, 5) is 11.2. The minimum absolute atomic E-state index is 0.435. The fourth-order valence-electron chi connectivity index (χ4n) is 1.39. The predicted octanol–water partition coefficient (Wildman–Crippen LogP) is 4.27. The van der Waals surface area contributed by atoms with Crippen LogP contribution >= 0.6 is 0 Å². The van der Waals surface area contributed by atoms with E-state index < -0.39 is 0 Å². The molecule has 0 aliphatic heterocycles. The monoisotopic (exact) mass is 196 g/mol. The van der Waals surface area contributed by atoms with E-state index in [2.05, 4.69) is 26.0 Å². The van der Waals surface area contributed by atoms with Gasteiger partial charge in [-0.3, -0.25) is 4.79 Å². The average Bonchev–Trinajstić information content (AvgIpc) is 2.17. The lowest BCUT2D eigenvalue weighted by atomic mass is 10.1. The van der Waals surface area contributed by atoms with Gasteiger partial charge in [0.05, 0.1) is 0 Å². The zero-order valence-electron chi connectivity index (χ0n) is 9.72. The van der Waals surface area contributed by atoms with Gasteiger partial charge in [0.25, 0.3) is 0 Å². The zero-order chi connectivity index (χ0) is 10.6. The van der Waals surface area contributed by atoms with Crippen molar-refractivity contribution in [3.63, 3.8) is 0 Å². The molecule has 0 bridgehead atoms. The molecule has 0 aromatic carbocycles. The minimum Gasteiger partial charge on any atom is -0.300 e. The van der Waals surface area contributed by atoms with E-state index in [1.54, 1.807) is 0 Å². The summed E-state index contributed by atoms with van der Waals surface area (Å²) in [5.74, 6) is 0.435. The SMILES string of the molecule is CCC/C=C/CCCCC(=O)CCC. The largest absolute Gasteiger partial charge is 0.300 e. The van der Waals surface area contributed by atoms with E-state index >= 15 is 0 Å². The van der Waals surface area contributed by atoms with Gasteiger partial charge in [0.1, 0.15) is 5.78 Å². The Morgan fingerprint density at radius 3 is 2.29 bits per heavy atom. The molecule has 0 saturated carbocycles. The third-order valence-electron chi connectivity index (χ3n) is 2.23. The van der Waals surface area contributed by atoms with E-state index in [1.165, 1.54) is 12.8 Å². The summed E-state index contributed by atoms with van der Waals surface area (Å²) in [6.07, 6.45) is 12.8. The molecule has 14 heavy (non-hydrogen) atoms. The van der Waals surface area contributed by atoms with Gasteiger partial charge in [-0.2, -0.15) is 0 Å². The van der Waals surface area contributed by atoms with Gasteiger partial charge in [0.15, 0.2) is 0 Å². The summed E-state index contributed by atoms with van der Waals surface area (Å²) in [6, 6.07) is 0. The molecule has 0 amide bonds. The van der Waals surface area contributed by atoms with Crippen molar-refractivity contribution in [2.45, 2.75) is 65.2 Å². The highest BCUT2D eigenvalue weighted by atomic mass is 16.1. The predicted molar refractivity (Wildman–Crippen MR) is 62.4 cm³/mol. The molecule has 0 aliphatic rings. The number of carbonyl (C=O) groups excluding carboxylic acids is 1. The summed E-state index contributed by atoms with van der Waals surface area (Å²) in [5, 5.41) is 0. The molecule has 0 fully saturated rings. The number of rotatable bonds is 9. The molecule has 0 spiro atoms. The third-order valence-corrected chi connectivity index (χ3v) is 2.23. The van der Waals surface area contributed by atoms with Gasteiger partial charge >= 0.3 is 0 Å². The van der Waals surface area contributed by atoms with Crippen molar-refractivity contribution in [1.82, 2.24) is 0 Å². The number of unbranched alkanes of at least 4 members (excludes halogenated alkanes) is 3. The Balaban J connectivity index is 3.16. The van der Waals surface area contributed by atoms with Crippen LogP contribution in [0.4, 0.5) is 0 Å². The zero-order valence-corrected chi connectivity index (χ0v) is 9.72. The smallest absolute Gasteiger partial charge is 0.132 e. The first-order valence-electron chi connectivity index (χ1n) is 5.98. The lowest BCUT2D eigenvalue weighted by Gasteiger charge is -1.97. The van der Waals surface area contributed by atoms with E-state index in [-0.39, 0.29) is 0 Å². The Hall–Kier alpha value is -0.590. The molecule has 0 aromatic rings. The van der Waals surface area contributed by atoms with Crippen molar-refractivity contribution >= 4 is 5.78 Å². The van der Waals surface area contributed by atoms with Gasteiger partial charge in [-0.05, 0) is 32.1 Å². The first-order valence-corrected chi connectivity index (χ1v) is 5.98. The molecule has 1 heteroatoms. The normalized spacial score (nSPS) is 11.0. The first-order chi connectivity index (χ1) is 6.81. The number of allylic oxidation sites excluding steroid dienone is 2. The second-order valence-electron chi connectivity index (χ2n) is 3.79. The molecular formula is C13H24O. The average molecular weight is 196 g/mol. The number of carbonyl (C=O) groups is 1. The van der Waals surface area contributed by atoms with Crippen LogP contribution in [-0.4, -0.2) is 5.78 Å². The maximum atomic E-state index is 11.2. The molecule has 0 heterocycles. The summed E-state index contributed by atoms with van der Waals surface area (Å²) in [5.41, 5.74) is 0. The van der Waals surface area contributed by atoms with Gasteiger partial charge in [-0.15, -0.1) is 0 Å². The van der Waals surface area contributed by atoms with Crippen LogP contribution in [0.25, 0.3) is 0 Å². The second kappa shape index (κ2) is 10.5.